The molecule has 3 rings (SSSR count). The Balaban J connectivity index is 1.86. The summed E-state index contributed by atoms with van der Waals surface area (Å²) in [5.74, 6) is -0.689. The number of carbonyl (C=O) groups is 1. The monoisotopic (exact) mass is 428 g/mol. The van der Waals surface area contributed by atoms with Crippen LogP contribution in [0.15, 0.2) is 48.5 Å². The van der Waals surface area contributed by atoms with Gasteiger partial charge in [-0.2, -0.15) is 18.3 Å². The first-order chi connectivity index (χ1) is 13.1. The Morgan fingerprint density at radius 2 is 1.71 bits per heavy atom. The normalized spacial score (nSPS) is 11.4. The van der Waals surface area contributed by atoms with Crippen LogP contribution in [0, 0.1) is 0 Å². The van der Waals surface area contributed by atoms with Crippen molar-refractivity contribution in [1.82, 2.24) is 9.78 Å². The summed E-state index contributed by atoms with van der Waals surface area (Å²) in [4.78, 5) is 12.6. The maximum atomic E-state index is 12.8. The molecule has 1 aromatic heterocycles. The minimum Gasteiger partial charge on any atom is -0.355 e. The molecule has 10 heteroatoms. The number of hydrogen-bond donors (Lipinski definition) is 2. The molecule has 28 heavy (non-hydrogen) atoms. The molecule has 0 radical (unpaired) electrons. The van der Waals surface area contributed by atoms with Gasteiger partial charge in [0.25, 0.3) is 5.91 Å². The molecule has 0 fully saturated rings. The first kappa shape index (κ1) is 20.0. The van der Waals surface area contributed by atoms with Crippen LogP contribution in [-0.4, -0.2) is 15.7 Å². The predicted molar refractivity (Wildman–Crippen MR) is 102 cm³/mol. The van der Waals surface area contributed by atoms with Gasteiger partial charge in [0.1, 0.15) is 5.82 Å². The van der Waals surface area contributed by atoms with Crippen LogP contribution >= 0.6 is 23.2 Å². The van der Waals surface area contributed by atoms with Crippen molar-refractivity contribution in [2.75, 3.05) is 10.6 Å². The third-order valence-electron chi connectivity index (χ3n) is 3.73. The molecular weight excluding hydrogens is 416 g/mol. The predicted octanol–water partition coefficient (Wildman–Crippen LogP) is 5.74. The molecule has 0 saturated carbocycles. The van der Waals surface area contributed by atoms with Crippen LogP contribution in [-0.2, 0) is 13.2 Å². The zero-order chi connectivity index (χ0) is 20.5. The van der Waals surface area contributed by atoms with Crippen LogP contribution in [0.4, 0.5) is 30.4 Å². The van der Waals surface area contributed by atoms with Gasteiger partial charge in [0, 0.05) is 28.8 Å². The van der Waals surface area contributed by atoms with Gasteiger partial charge in [-0.25, -0.2) is 0 Å². The molecule has 0 aliphatic heterocycles. The van der Waals surface area contributed by atoms with Crippen molar-refractivity contribution in [3.05, 3.63) is 69.8 Å². The average Bonchev–Trinajstić information content (AvgIpc) is 2.95. The van der Waals surface area contributed by atoms with Crippen LogP contribution in [0.2, 0.25) is 10.0 Å². The smallest absolute Gasteiger partial charge is 0.355 e. The number of halogens is 5. The fraction of sp³-hybridized carbons (Fsp3) is 0.111. The van der Waals surface area contributed by atoms with Gasteiger partial charge in [0.15, 0.2) is 5.69 Å². The van der Waals surface area contributed by atoms with E-state index in [0.29, 0.717) is 21.4 Å². The highest BCUT2D eigenvalue weighted by molar-refractivity contribution is 6.35. The Morgan fingerprint density at radius 3 is 2.32 bits per heavy atom. The van der Waals surface area contributed by atoms with Gasteiger partial charge in [0.05, 0.1) is 11.3 Å². The fourth-order valence-electron chi connectivity index (χ4n) is 2.48. The summed E-state index contributed by atoms with van der Waals surface area (Å²) in [6.45, 7) is 0. The first-order valence-corrected chi connectivity index (χ1v) is 8.64. The molecule has 2 aromatic carbocycles. The van der Waals surface area contributed by atoms with Crippen molar-refractivity contribution in [2.24, 2.45) is 7.05 Å². The van der Waals surface area contributed by atoms with Crippen molar-refractivity contribution < 1.29 is 18.0 Å². The number of hydrogen-bond acceptors (Lipinski definition) is 3. The number of aromatic nitrogens is 2. The largest absolute Gasteiger partial charge is 0.435 e. The van der Waals surface area contributed by atoms with E-state index < -0.39 is 17.8 Å². The number of nitrogens with one attached hydrogen (secondary N) is 2. The molecule has 146 valence electrons. The Morgan fingerprint density at radius 1 is 1.07 bits per heavy atom. The van der Waals surface area contributed by atoms with Crippen molar-refractivity contribution in [2.45, 2.75) is 6.18 Å². The molecular formula is C18H13Cl2F3N4O. The summed E-state index contributed by atoms with van der Waals surface area (Å²) in [5, 5.41) is 9.66. The number of benzene rings is 2. The second-order valence-corrected chi connectivity index (χ2v) is 6.69. The average molecular weight is 429 g/mol. The van der Waals surface area contributed by atoms with E-state index in [1.807, 2.05) is 0 Å². The van der Waals surface area contributed by atoms with E-state index in [4.69, 9.17) is 23.2 Å². The molecule has 0 atom stereocenters. The first-order valence-electron chi connectivity index (χ1n) is 7.88. The SMILES string of the molecule is Cn1nc(C(F)(F)F)cc1NC(=O)c1ccccc1Nc1cc(Cl)cc(Cl)c1. The second kappa shape index (κ2) is 7.73. The summed E-state index contributed by atoms with van der Waals surface area (Å²) in [7, 11) is 1.31. The summed E-state index contributed by atoms with van der Waals surface area (Å²) in [6.07, 6.45) is -4.61. The number of alkyl halides is 3. The van der Waals surface area contributed by atoms with Gasteiger partial charge in [0.2, 0.25) is 0 Å². The Bertz CT molecular complexity index is 1010. The van der Waals surface area contributed by atoms with Crippen LogP contribution in [0.25, 0.3) is 0 Å². The molecule has 3 aromatic rings. The third-order valence-corrected chi connectivity index (χ3v) is 4.16. The van der Waals surface area contributed by atoms with E-state index in [2.05, 4.69) is 15.7 Å². The molecule has 1 amide bonds. The number of nitrogens with zero attached hydrogens (tertiary/aromatic N) is 2. The molecule has 0 saturated heterocycles. The molecule has 0 unspecified atom stereocenters. The zero-order valence-corrected chi connectivity index (χ0v) is 15.8. The van der Waals surface area contributed by atoms with Crippen molar-refractivity contribution >= 4 is 46.3 Å². The molecule has 1 heterocycles. The lowest BCUT2D eigenvalue weighted by atomic mass is 10.1. The van der Waals surface area contributed by atoms with E-state index in [-0.39, 0.29) is 11.4 Å². The highest BCUT2D eigenvalue weighted by Crippen LogP contribution is 2.30. The topological polar surface area (TPSA) is 59.0 Å². The Hall–Kier alpha value is -2.71. The van der Waals surface area contributed by atoms with Gasteiger partial charge in [-0.05, 0) is 30.3 Å². The molecule has 0 aliphatic rings. The van der Waals surface area contributed by atoms with Crippen LogP contribution in [0.5, 0.6) is 0 Å². The lowest BCUT2D eigenvalue weighted by Crippen LogP contribution is -2.16. The quantitative estimate of drug-likeness (QED) is 0.556. The lowest BCUT2D eigenvalue weighted by molar-refractivity contribution is -0.141. The second-order valence-electron chi connectivity index (χ2n) is 5.82. The number of carbonyl (C=O) groups excluding carboxylic acids is 1. The summed E-state index contributed by atoms with van der Waals surface area (Å²) >= 11 is 12.0. The van der Waals surface area contributed by atoms with E-state index in [1.54, 1.807) is 36.4 Å². The Labute approximate surface area is 168 Å². The van der Waals surface area contributed by atoms with Crippen LogP contribution < -0.4 is 10.6 Å². The zero-order valence-electron chi connectivity index (χ0n) is 14.3. The van der Waals surface area contributed by atoms with E-state index in [0.717, 1.165) is 10.7 Å². The lowest BCUT2D eigenvalue weighted by Gasteiger charge is -2.13. The number of rotatable bonds is 4. The minimum atomic E-state index is -4.61. The highest BCUT2D eigenvalue weighted by Gasteiger charge is 2.34. The molecule has 0 bridgehead atoms. The number of aryl methyl sites for hydroxylation is 1. The van der Waals surface area contributed by atoms with E-state index in [1.165, 1.54) is 13.1 Å². The fourth-order valence-corrected chi connectivity index (χ4v) is 3.00. The van der Waals surface area contributed by atoms with Crippen molar-refractivity contribution in [3.63, 3.8) is 0 Å². The van der Waals surface area contributed by atoms with E-state index >= 15 is 0 Å². The van der Waals surface area contributed by atoms with Gasteiger partial charge in [-0.3, -0.25) is 9.48 Å². The van der Waals surface area contributed by atoms with Gasteiger partial charge < -0.3 is 10.6 Å². The number of amides is 1. The number of anilines is 3. The van der Waals surface area contributed by atoms with Gasteiger partial charge in [-0.1, -0.05) is 35.3 Å². The standard InChI is InChI=1S/C18H13Cl2F3N4O/c1-27-16(9-15(26-27)18(21,22)23)25-17(28)13-4-2-3-5-14(13)24-12-7-10(19)6-11(20)8-12/h2-9,24H,1H3,(H,25,28). The minimum absolute atomic E-state index is 0.0853. The highest BCUT2D eigenvalue weighted by atomic mass is 35.5. The third kappa shape index (κ3) is 4.58. The molecule has 0 aliphatic carbocycles. The van der Waals surface area contributed by atoms with Crippen molar-refractivity contribution in [3.8, 4) is 0 Å². The van der Waals surface area contributed by atoms with Gasteiger partial charge >= 0.3 is 6.18 Å². The summed E-state index contributed by atoms with van der Waals surface area (Å²) in [5.41, 5.74) is 0.104. The summed E-state index contributed by atoms with van der Waals surface area (Å²) in [6, 6.07) is 12.1. The molecule has 5 nitrogen and oxygen atoms in total. The summed E-state index contributed by atoms with van der Waals surface area (Å²) < 4.78 is 39.3. The van der Waals surface area contributed by atoms with Crippen LogP contribution in [0.1, 0.15) is 16.1 Å². The number of para-hydroxylation sites is 1. The maximum absolute atomic E-state index is 12.8. The molecule has 0 spiro atoms. The van der Waals surface area contributed by atoms with Crippen molar-refractivity contribution in [1.29, 1.82) is 0 Å². The van der Waals surface area contributed by atoms with Gasteiger partial charge in [-0.15, -0.1) is 0 Å². The van der Waals surface area contributed by atoms with E-state index in [9.17, 15) is 18.0 Å². The Kier molecular flexibility index (Phi) is 5.53. The van der Waals surface area contributed by atoms with Crippen LogP contribution in [0.3, 0.4) is 0 Å². The maximum Gasteiger partial charge on any atom is 0.435 e. The molecule has 2 N–H and O–H groups in total.